The van der Waals surface area contributed by atoms with Crippen LogP contribution in [-0.2, 0) is 6.54 Å². The van der Waals surface area contributed by atoms with Gasteiger partial charge in [0.2, 0.25) is 0 Å². The van der Waals surface area contributed by atoms with E-state index >= 15 is 0 Å². The molecule has 1 aromatic heterocycles. The van der Waals surface area contributed by atoms with Gasteiger partial charge in [-0.25, -0.2) is 0 Å². The number of H-pyrrole nitrogens is 1. The SMILES string of the molecule is CC.CC1CCN(Cc2ccn[nH]2)CC1.[HH]. The van der Waals surface area contributed by atoms with Crippen molar-refractivity contribution in [3.05, 3.63) is 18.0 Å². The van der Waals surface area contributed by atoms with Gasteiger partial charge in [0.1, 0.15) is 0 Å². The average molecular weight is 211 g/mol. The Labute approximate surface area is 94.4 Å². The predicted octanol–water partition coefficient (Wildman–Crippen LogP) is 2.91. The van der Waals surface area contributed by atoms with Crippen molar-refractivity contribution in [1.82, 2.24) is 15.1 Å². The van der Waals surface area contributed by atoms with Crippen molar-refractivity contribution >= 4 is 0 Å². The van der Waals surface area contributed by atoms with Crippen LogP contribution in [-0.4, -0.2) is 28.2 Å². The summed E-state index contributed by atoms with van der Waals surface area (Å²) in [6, 6.07) is 2.05. The van der Waals surface area contributed by atoms with E-state index in [2.05, 4.69) is 28.1 Å². The molecule has 0 amide bonds. The molecule has 0 saturated carbocycles. The highest BCUT2D eigenvalue weighted by Gasteiger charge is 2.15. The molecular formula is C12H25N3. The van der Waals surface area contributed by atoms with Gasteiger partial charge in [-0.05, 0) is 37.9 Å². The number of hydrogen-bond acceptors (Lipinski definition) is 2. The topological polar surface area (TPSA) is 31.9 Å². The van der Waals surface area contributed by atoms with Crippen LogP contribution in [0.5, 0.6) is 0 Å². The quantitative estimate of drug-likeness (QED) is 0.815. The molecule has 1 fully saturated rings. The summed E-state index contributed by atoms with van der Waals surface area (Å²) in [5.41, 5.74) is 1.23. The minimum absolute atomic E-state index is 0. The molecule has 0 spiro atoms. The Morgan fingerprint density at radius 3 is 2.67 bits per heavy atom. The van der Waals surface area contributed by atoms with Gasteiger partial charge < -0.3 is 0 Å². The maximum absolute atomic E-state index is 3.95. The Balaban J connectivity index is 0.000000711. The van der Waals surface area contributed by atoms with E-state index in [0.717, 1.165) is 12.5 Å². The van der Waals surface area contributed by atoms with Gasteiger partial charge in [0.15, 0.2) is 0 Å². The van der Waals surface area contributed by atoms with Crippen molar-refractivity contribution in [1.29, 1.82) is 0 Å². The van der Waals surface area contributed by atoms with Crippen molar-refractivity contribution in [3.8, 4) is 0 Å². The van der Waals surface area contributed by atoms with Gasteiger partial charge in [-0.2, -0.15) is 5.10 Å². The number of rotatable bonds is 2. The van der Waals surface area contributed by atoms with Crippen molar-refractivity contribution < 1.29 is 1.43 Å². The van der Waals surface area contributed by atoms with Crippen LogP contribution in [0, 0.1) is 5.92 Å². The van der Waals surface area contributed by atoms with Crippen molar-refractivity contribution in [3.63, 3.8) is 0 Å². The molecule has 0 bridgehead atoms. The first-order valence-corrected chi connectivity index (χ1v) is 6.05. The molecule has 2 heterocycles. The lowest BCUT2D eigenvalue weighted by Crippen LogP contribution is -2.32. The Morgan fingerprint density at radius 1 is 1.47 bits per heavy atom. The first-order valence-electron chi connectivity index (χ1n) is 6.05. The fourth-order valence-corrected chi connectivity index (χ4v) is 1.83. The average Bonchev–Trinajstić information content (AvgIpc) is 2.77. The fraction of sp³-hybridized carbons (Fsp3) is 0.750. The minimum Gasteiger partial charge on any atom is -0.298 e. The van der Waals surface area contributed by atoms with Crippen LogP contribution < -0.4 is 0 Å². The molecule has 0 radical (unpaired) electrons. The third-order valence-electron chi connectivity index (χ3n) is 2.83. The zero-order valence-electron chi connectivity index (χ0n) is 10.2. The van der Waals surface area contributed by atoms with Gasteiger partial charge in [-0.3, -0.25) is 10.00 Å². The Bertz CT molecular complexity index is 241. The van der Waals surface area contributed by atoms with Crippen LogP contribution in [0.4, 0.5) is 0 Å². The summed E-state index contributed by atoms with van der Waals surface area (Å²) in [6.45, 7) is 9.85. The van der Waals surface area contributed by atoms with Crippen molar-refractivity contribution in [2.45, 2.75) is 40.2 Å². The number of aromatic amines is 1. The van der Waals surface area contributed by atoms with E-state index in [0.29, 0.717) is 0 Å². The van der Waals surface area contributed by atoms with E-state index in [1.807, 2.05) is 20.0 Å². The molecule has 0 aromatic carbocycles. The molecule has 1 aliphatic rings. The summed E-state index contributed by atoms with van der Waals surface area (Å²) in [7, 11) is 0. The predicted molar refractivity (Wildman–Crippen MR) is 65.7 cm³/mol. The zero-order chi connectivity index (χ0) is 11.1. The molecule has 1 aliphatic heterocycles. The highest BCUT2D eigenvalue weighted by Crippen LogP contribution is 2.17. The second-order valence-electron chi connectivity index (χ2n) is 4.04. The lowest BCUT2D eigenvalue weighted by atomic mass is 9.99. The molecule has 1 saturated heterocycles. The smallest absolute Gasteiger partial charge is 0.0492 e. The number of nitrogens with one attached hydrogen (secondary N) is 1. The molecular weight excluding hydrogens is 186 g/mol. The van der Waals surface area contributed by atoms with Gasteiger partial charge in [0.25, 0.3) is 0 Å². The molecule has 3 nitrogen and oxygen atoms in total. The van der Waals surface area contributed by atoms with Crippen LogP contribution in [0.1, 0.15) is 40.7 Å². The molecule has 0 unspecified atom stereocenters. The maximum atomic E-state index is 3.95. The normalized spacial score (nSPS) is 18.3. The molecule has 1 N–H and O–H groups in total. The first-order chi connectivity index (χ1) is 7.34. The second kappa shape index (κ2) is 6.62. The third-order valence-corrected chi connectivity index (χ3v) is 2.83. The van der Waals surface area contributed by atoms with Gasteiger partial charge in [0.05, 0.1) is 0 Å². The summed E-state index contributed by atoms with van der Waals surface area (Å²) in [5.74, 6) is 0.915. The van der Waals surface area contributed by atoms with Gasteiger partial charge in [-0.15, -0.1) is 0 Å². The summed E-state index contributed by atoms with van der Waals surface area (Å²) in [6.07, 6.45) is 4.50. The highest BCUT2D eigenvalue weighted by atomic mass is 15.2. The molecule has 0 aliphatic carbocycles. The van der Waals surface area contributed by atoms with Gasteiger partial charge in [0, 0.05) is 19.9 Å². The second-order valence-corrected chi connectivity index (χ2v) is 4.04. The lowest BCUT2D eigenvalue weighted by Gasteiger charge is -2.29. The van der Waals surface area contributed by atoms with E-state index in [1.165, 1.54) is 31.6 Å². The Kier molecular flexibility index (Phi) is 5.40. The standard InChI is InChI=1S/C10H17N3.C2H6.H2/c1-9-3-6-13(7-4-9)8-10-2-5-11-12-10;1-2;/h2,5,9H,3-4,6-8H2,1H3,(H,11,12);1-2H3;1H. The van der Waals surface area contributed by atoms with E-state index in [4.69, 9.17) is 0 Å². The number of aromatic nitrogens is 2. The van der Waals surface area contributed by atoms with Crippen LogP contribution in [0.3, 0.4) is 0 Å². The molecule has 0 atom stereocenters. The van der Waals surface area contributed by atoms with Crippen LogP contribution in [0.15, 0.2) is 12.3 Å². The van der Waals surface area contributed by atoms with Crippen molar-refractivity contribution in [2.24, 2.45) is 5.92 Å². The van der Waals surface area contributed by atoms with E-state index in [-0.39, 0.29) is 1.43 Å². The molecule has 15 heavy (non-hydrogen) atoms. The van der Waals surface area contributed by atoms with E-state index in [9.17, 15) is 0 Å². The molecule has 88 valence electrons. The number of piperidine rings is 1. The van der Waals surface area contributed by atoms with E-state index < -0.39 is 0 Å². The largest absolute Gasteiger partial charge is 0.298 e. The fourth-order valence-electron chi connectivity index (χ4n) is 1.83. The van der Waals surface area contributed by atoms with Crippen molar-refractivity contribution in [2.75, 3.05) is 13.1 Å². The molecule has 3 heteroatoms. The molecule has 1 aromatic rings. The first kappa shape index (κ1) is 12.2. The minimum atomic E-state index is 0. The highest BCUT2D eigenvalue weighted by molar-refractivity contribution is 4.97. The van der Waals surface area contributed by atoms with Gasteiger partial charge >= 0.3 is 0 Å². The number of nitrogens with zero attached hydrogens (tertiary/aromatic N) is 2. The van der Waals surface area contributed by atoms with Crippen LogP contribution >= 0.6 is 0 Å². The lowest BCUT2D eigenvalue weighted by molar-refractivity contribution is 0.183. The van der Waals surface area contributed by atoms with Gasteiger partial charge in [-0.1, -0.05) is 20.8 Å². The van der Waals surface area contributed by atoms with Crippen LogP contribution in [0.25, 0.3) is 0 Å². The Morgan fingerprint density at radius 2 is 2.13 bits per heavy atom. The summed E-state index contributed by atoms with van der Waals surface area (Å²) in [5, 5.41) is 6.95. The summed E-state index contributed by atoms with van der Waals surface area (Å²) < 4.78 is 0. The third kappa shape index (κ3) is 4.04. The maximum Gasteiger partial charge on any atom is 0.0492 e. The Hall–Kier alpha value is -0.830. The monoisotopic (exact) mass is 211 g/mol. The summed E-state index contributed by atoms with van der Waals surface area (Å²) >= 11 is 0. The molecule has 2 rings (SSSR count). The summed E-state index contributed by atoms with van der Waals surface area (Å²) in [4.78, 5) is 2.49. The number of hydrogen-bond donors (Lipinski definition) is 1. The van der Waals surface area contributed by atoms with Crippen LogP contribution in [0.2, 0.25) is 0 Å². The van der Waals surface area contributed by atoms with E-state index in [1.54, 1.807) is 0 Å². The number of likely N-dealkylation sites (tertiary alicyclic amines) is 1. The zero-order valence-corrected chi connectivity index (χ0v) is 10.2.